The second-order valence-corrected chi connectivity index (χ2v) is 5.55. The van der Waals surface area contributed by atoms with Crippen LogP contribution in [0.5, 0.6) is 5.75 Å². The summed E-state index contributed by atoms with van der Waals surface area (Å²) in [4.78, 5) is 0. The Hall–Kier alpha value is -1.80. The molecule has 0 saturated heterocycles. The van der Waals surface area contributed by atoms with Crippen LogP contribution in [0.4, 0.5) is 0 Å². The summed E-state index contributed by atoms with van der Waals surface area (Å²) < 4.78 is 5.94. The predicted molar refractivity (Wildman–Crippen MR) is 88.7 cm³/mol. The Kier molecular flexibility index (Phi) is 5.82. The molecule has 0 saturated carbocycles. The van der Waals surface area contributed by atoms with Crippen LogP contribution in [-0.2, 0) is 13.2 Å². The summed E-state index contributed by atoms with van der Waals surface area (Å²) in [5.74, 6) is 0.968. The molecule has 2 heteroatoms. The molecule has 0 atom stereocenters. The standard InChI is InChI=1S/C19H25NO/c1-4-10-20-13-17-6-5-7-18(12-17)14-21-19-9-8-15(2)11-16(19)3/h5-9,11-12,20H,4,10,13-14H2,1-3H3. The highest BCUT2D eigenvalue weighted by Crippen LogP contribution is 2.20. The third kappa shape index (κ3) is 4.91. The first kappa shape index (κ1) is 15.6. The van der Waals surface area contributed by atoms with Gasteiger partial charge in [0.2, 0.25) is 0 Å². The summed E-state index contributed by atoms with van der Waals surface area (Å²) in [7, 11) is 0. The van der Waals surface area contributed by atoms with Gasteiger partial charge in [0.15, 0.2) is 0 Å². The van der Waals surface area contributed by atoms with Crippen molar-refractivity contribution in [2.24, 2.45) is 0 Å². The van der Waals surface area contributed by atoms with E-state index in [4.69, 9.17) is 4.74 Å². The minimum absolute atomic E-state index is 0.617. The molecule has 0 aromatic heterocycles. The van der Waals surface area contributed by atoms with Gasteiger partial charge in [-0.2, -0.15) is 0 Å². The van der Waals surface area contributed by atoms with Gasteiger partial charge in [-0.15, -0.1) is 0 Å². The van der Waals surface area contributed by atoms with E-state index in [2.05, 4.69) is 68.6 Å². The van der Waals surface area contributed by atoms with E-state index in [1.54, 1.807) is 0 Å². The van der Waals surface area contributed by atoms with E-state index in [9.17, 15) is 0 Å². The van der Waals surface area contributed by atoms with Gasteiger partial charge in [-0.25, -0.2) is 0 Å². The van der Waals surface area contributed by atoms with Gasteiger partial charge in [-0.1, -0.05) is 48.9 Å². The van der Waals surface area contributed by atoms with Gasteiger partial charge in [-0.05, 0) is 49.6 Å². The van der Waals surface area contributed by atoms with Crippen LogP contribution < -0.4 is 10.1 Å². The van der Waals surface area contributed by atoms with E-state index in [1.165, 1.54) is 22.3 Å². The molecule has 0 radical (unpaired) electrons. The van der Waals surface area contributed by atoms with Crippen molar-refractivity contribution in [3.8, 4) is 5.75 Å². The van der Waals surface area contributed by atoms with Crippen LogP contribution >= 0.6 is 0 Å². The first-order chi connectivity index (χ1) is 10.2. The van der Waals surface area contributed by atoms with Crippen LogP contribution in [0.25, 0.3) is 0 Å². The maximum Gasteiger partial charge on any atom is 0.122 e. The highest BCUT2D eigenvalue weighted by Gasteiger charge is 2.01. The molecule has 0 aliphatic heterocycles. The molecule has 2 rings (SSSR count). The maximum absolute atomic E-state index is 5.94. The first-order valence-electron chi connectivity index (χ1n) is 7.67. The second kappa shape index (κ2) is 7.84. The molecular weight excluding hydrogens is 258 g/mol. The molecule has 1 N–H and O–H groups in total. The molecule has 0 spiro atoms. The molecule has 0 aliphatic rings. The quantitative estimate of drug-likeness (QED) is 0.761. The summed E-state index contributed by atoms with van der Waals surface area (Å²) in [5, 5.41) is 3.43. The number of rotatable bonds is 7. The molecule has 2 aromatic rings. The van der Waals surface area contributed by atoms with Gasteiger partial charge in [0, 0.05) is 6.54 Å². The van der Waals surface area contributed by atoms with Crippen molar-refractivity contribution < 1.29 is 4.74 Å². The number of hydrogen-bond acceptors (Lipinski definition) is 2. The van der Waals surface area contributed by atoms with Crippen LogP contribution in [0.3, 0.4) is 0 Å². The zero-order chi connectivity index (χ0) is 15.1. The van der Waals surface area contributed by atoms with Crippen molar-refractivity contribution in [2.45, 2.75) is 40.3 Å². The lowest BCUT2D eigenvalue weighted by atomic mass is 10.1. The van der Waals surface area contributed by atoms with Gasteiger partial charge in [0.05, 0.1) is 0 Å². The number of aryl methyl sites for hydroxylation is 2. The summed E-state index contributed by atoms with van der Waals surface area (Å²) in [6.07, 6.45) is 1.16. The molecule has 112 valence electrons. The zero-order valence-electron chi connectivity index (χ0n) is 13.3. The molecule has 2 nitrogen and oxygen atoms in total. The number of hydrogen-bond donors (Lipinski definition) is 1. The SMILES string of the molecule is CCCNCc1cccc(COc2ccc(C)cc2C)c1. The fraction of sp³-hybridized carbons (Fsp3) is 0.368. The Morgan fingerprint density at radius 2 is 1.81 bits per heavy atom. The topological polar surface area (TPSA) is 21.3 Å². The van der Waals surface area contributed by atoms with E-state index in [1.807, 2.05) is 0 Å². The largest absolute Gasteiger partial charge is 0.489 e. The van der Waals surface area contributed by atoms with E-state index >= 15 is 0 Å². The van der Waals surface area contributed by atoms with Gasteiger partial charge in [0.1, 0.15) is 12.4 Å². The van der Waals surface area contributed by atoms with Crippen LogP contribution in [0.1, 0.15) is 35.6 Å². The fourth-order valence-electron chi connectivity index (χ4n) is 2.36. The van der Waals surface area contributed by atoms with Crippen molar-refractivity contribution in [3.05, 3.63) is 64.7 Å². The van der Waals surface area contributed by atoms with Crippen LogP contribution in [-0.4, -0.2) is 6.54 Å². The Labute approximate surface area is 128 Å². The molecule has 21 heavy (non-hydrogen) atoms. The molecule has 0 amide bonds. The summed E-state index contributed by atoms with van der Waals surface area (Å²) in [6.45, 7) is 8.97. The van der Waals surface area contributed by atoms with Gasteiger partial charge in [-0.3, -0.25) is 0 Å². The lowest BCUT2D eigenvalue weighted by Gasteiger charge is -2.11. The van der Waals surface area contributed by atoms with Crippen LogP contribution in [0.15, 0.2) is 42.5 Å². The first-order valence-corrected chi connectivity index (χ1v) is 7.67. The highest BCUT2D eigenvalue weighted by atomic mass is 16.5. The van der Waals surface area contributed by atoms with E-state index in [0.717, 1.165) is 25.3 Å². The van der Waals surface area contributed by atoms with Crippen LogP contribution in [0.2, 0.25) is 0 Å². The monoisotopic (exact) mass is 283 g/mol. The maximum atomic E-state index is 5.94. The Morgan fingerprint density at radius 3 is 2.57 bits per heavy atom. The normalized spacial score (nSPS) is 10.6. The third-order valence-electron chi connectivity index (χ3n) is 3.47. The minimum atomic E-state index is 0.617. The van der Waals surface area contributed by atoms with Crippen molar-refractivity contribution in [3.63, 3.8) is 0 Å². The van der Waals surface area contributed by atoms with Gasteiger partial charge in [0.25, 0.3) is 0 Å². The van der Waals surface area contributed by atoms with Crippen LogP contribution in [0, 0.1) is 13.8 Å². The highest BCUT2D eigenvalue weighted by molar-refractivity contribution is 5.36. The van der Waals surface area contributed by atoms with Crippen molar-refractivity contribution in [1.29, 1.82) is 0 Å². The molecule has 0 fully saturated rings. The summed E-state index contributed by atoms with van der Waals surface area (Å²) in [5.41, 5.74) is 4.98. The van der Waals surface area contributed by atoms with E-state index in [0.29, 0.717) is 6.61 Å². The Morgan fingerprint density at radius 1 is 1.00 bits per heavy atom. The van der Waals surface area contributed by atoms with Gasteiger partial charge < -0.3 is 10.1 Å². The summed E-state index contributed by atoms with van der Waals surface area (Å²) in [6, 6.07) is 14.9. The lowest BCUT2D eigenvalue weighted by Crippen LogP contribution is -2.13. The molecule has 0 aliphatic carbocycles. The second-order valence-electron chi connectivity index (χ2n) is 5.55. The fourth-order valence-corrected chi connectivity index (χ4v) is 2.36. The third-order valence-corrected chi connectivity index (χ3v) is 3.47. The number of ether oxygens (including phenoxy) is 1. The molecule has 0 heterocycles. The zero-order valence-corrected chi connectivity index (χ0v) is 13.3. The average molecular weight is 283 g/mol. The predicted octanol–water partition coefficient (Wildman–Crippen LogP) is 4.38. The van der Waals surface area contributed by atoms with Crippen molar-refractivity contribution in [1.82, 2.24) is 5.32 Å². The molecular formula is C19H25NO. The number of benzene rings is 2. The molecule has 2 aromatic carbocycles. The number of nitrogens with one attached hydrogen (secondary N) is 1. The average Bonchev–Trinajstić information content (AvgIpc) is 2.47. The molecule has 0 bridgehead atoms. The Bertz CT molecular complexity index is 578. The smallest absolute Gasteiger partial charge is 0.122 e. The lowest BCUT2D eigenvalue weighted by molar-refractivity contribution is 0.304. The van der Waals surface area contributed by atoms with Crippen molar-refractivity contribution in [2.75, 3.05) is 6.54 Å². The summed E-state index contributed by atoms with van der Waals surface area (Å²) >= 11 is 0. The van der Waals surface area contributed by atoms with E-state index < -0.39 is 0 Å². The molecule has 0 unspecified atom stereocenters. The van der Waals surface area contributed by atoms with Crippen molar-refractivity contribution >= 4 is 0 Å². The van der Waals surface area contributed by atoms with Gasteiger partial charge >= 0.3 is 0 Å². The van der Waals surface area contributed by atoms with E-state index in [-0.39, 0.29) is 0 Å². The Balaban J connectivity index is 1.95. The minimum Gasteiger partial charge on any atom is -0.489 e.